The highest BCUT2D eigenvalue weighted by molar-refractivity contribution is 5.45. The zero-order valence-electron chi connectivity index (χ0n) is 10.3. The number of aryl methyl sites for hydroxylation is 3. The fraction of sp³-hybridized carbons (Fsp3) is 0.214. The number of hydrogen-bond acceptors (Lipinski definition) is 3. The van der Waals surface area contributed by atoms with Crippen LogP contribution in [0.3, 0.4) is 0 Å². The van der Waals surface area contributed by atoms with E-state index in [-0.39, 0.29) is 0 Å². The normalized spacial score (nSPS) is 10.3. The molecule has 0 aliphatic rings. The summed E-state index contributed by atoms with van der Waals surface area (Å²) in [5, 5.41) is 0. The number of aromatic nitrogens is 1. The molecule has 0 saturated heterocycles. The summed E-state index contributed by atoms with van der Waals surface area (Å²) in [5.74, 6) is 1.40. The summed E-state index contributed by atoms with van der Waals surface area (Å²) in [5.41, 5.74) is 9.49. The van der Waals surface area contributed by atoms with E-state index in [4.69, 9.17) is 10.5 Å². The van der Waals surface area contributed by atoms with Crippen LogP contribution in [0.2, 0.25) is 0 Å². The first kappa shape index (κ1) is 11.5. The maximum atomic E-state index is 5.73. The van der Waals surface area contributed by atoms with Gasteiger partial charge < -0.3 is 10.5 Å². The Labute approximate surface area is 101 Å². The molecule has 0 saturated carbocycles. The molecule has 2 N–H and O–H groups in total. The first-order valence-electron chi connectivity index (χ1n) is 5.54. The van der Waals surface area contributed by atoms with Crippen molar-refractivity contribution in [2.75, 3.05) is 5.73 Å². The maximum absolute atomic E-state index is 5.73. The Morgan fingerprint density at radius 2 is 1.82 bits per heavy atom. The van der Waals surface area contributed by atoms with Crippen molar-refractivity contribution in [1.29, 1.82) is 0 Å². The Bertz CT molecular complexity index is 550. The van der Waals surface area contributed by atoms with Crippen molar-refractivity contribution in [2.45, 2.75) is 20.8 Å². The van der Waals surface area contributed by atoms with Crippen LogP contribution in [0.1, 0.15) is 16.8 Å². The van der Waals surface area contributed by atoms with Crippen LogP contribution in [0.15, 0.2) is 30.3 Å². The Hall–Kier alpha value is -2.03. The molecule has 1 aromatic heterocycles. The van der Waals surface area contributed by atoms with Crippen LogP contribution < -0.4 is 10.5 Å². The number of pyridine rings is 1. The van der Waals surface area contributed by atoms with Gasteiger partial charge in [-0.25, -0.2) is 4.98 Å². The van der Waals surface area contributed by atoms with Crippen molar-refractivity contribution in [3.63, 3.8) is 0 Å². The average molecular weight is 228 g/mol. The van der Waals surface area contributed by atoms with E-state index in [1.807, 2.05) is 26.0 Å². The smallest absolute Gasteiger partial charge is 0.219 e. The van der Waals surface area contributed by atoms with Crippen molar-refractivity contribution in [3.8, 4) is 11.6 Å². The van der Waals surface area contributed by atoms with Gasteiger partial charge >= 0.3 is 0 Å². The molecule has 0 aliphatic carbocycles. The highest BCUT2D eigenvalue weighted by atomic mass is 16.5. The molecule has 0 aliphatic heterocycles. The van der Waals surface area contributed by atoms with Crippen molar-refractivity contribution in [1.82, 2.24) is 4.98 Å². The quantitative estimate of drug-likeness (QED) is 0.857. The van der Waals surface area contributed by atoms with Gasteiger partial charge in [0, 0.05) is 6.07 Å². The lowest BCUT2D eigenvalue weighted by Crippen LogP contribution is -1.96. The largest absolute Gasteiger partial charge is 0.439 e. The minimum Gasteiger partial charge on any atom is -0.439 e. The molecule has 0 amide bonds. The van der Waals surface area contributed by atoms with Crippen molar-refractivity contribution >= 4 is 5.69 Å². The van der Waals surface area contributed by atoms with E-state index in [0.29, 0.717) is 11.6 Å². The van der Waals surface area contributed by atoms with Crippen LogP contribution in [0.4, 0.5) is 5.69 Å². The molecule has 17 heavy (non-hydrogen) atoms. The van der Waals surface area contributed by atoms with Gasteiger partial charge in [-0.1, -0.05) is 17.7 Å². The van der Waals surface area contributed by atoms with Gasteiger partial charge in [-0.15, -0.1) is 0 Å². The molecule has 2 aromatic rings. The molecule has 0 bridgehead atoms. The summed E-state index contributed by atoms with van der Waals surface area (Å²) < 4.78 is 5.73. The van der Waals surface area contributed by atoms with Gasteiger partial charge in [0.05, 0.1) is 11.4 Å². The van der Waals surface area contributed by atoms with Gasteiger partial charge in [0.15, 0.2) is 0 Å². The van der Waals surface area contributed by atoms with Crippen LogP contribution in [0.25, 0.3) is 0 Å². The fourth-order valence-corrected chi connectivity index (χ4v) is 1.63. The topological polar surface area (TPSA) is 48.1 Å². The SMILES string of the molecule is Cc1ccc(Oc2ccc(N)c(C)n2)c(C)c1. The summed E-state index contributed by atoms with van der Waals surface area (Å²) in [7, 11) is 0. The molecule has 2 rings (SSSR count). The van der Waals surface area contributed by atoms with E-state index < -0.39 is 0 Å². The lowest BCUT2D eigenvalue weighted by atomic mass is 10.1. The van der Waals surface area contributed by atoms with Gasteiger partial charge in [0.2, 0.25) is 5.88 Å². The Morgan fingerprint density at radius 1 is 1.06 bits per heavy atom. The number of nitrogens with two attached hydrogens (primary N) is 1. The van der Waals surface area contributed by atoms with Crippen LogP contribution in [0, 0.1) is 20.8 Å². The van der Waals surface area contributed by atoms with E-state index in [0.717, 1.165) is 17.0 Å². The molecule has 0 atom stereocenters. The Kier molecular flexibility index (Phi) is 3.00. The molecule has 3 nitrogen and oxygen atoms in total. The number of hydrogen-bond donors (Lipinski definition) is 1. The maximum Gasteiger partial charge on any atom is 0.219 e. The van der Waals surface area contributed by atoms with Crippen molar-refractivity contribution in [3.05, 3.63) is 47.2 Å². The molecule has 1 heterocycles. The lowest BCUT2D eigenvalue weighted by Gasteiger charge is -2.09. The van der Waals surface area contributed by atoms with Crippen LogP contribution in [-0.4, -0.2) is 4.98 Å². The van der Waals surface area contributed by atoms with E-state index in [2.05, 4.69) is 18.0 Å². The Balaban J connectivity index is 2.28. The molecule has 88 valence electrons. The third-order valence-electron chi connectivity index (χ3n) is 2.65. The lowest BCUT2D eigenvalue weighted by molar-refractivity contribution is 0.458. The van der Waals surface area contributed by atoms with Crippen molar-refractivity contribution < 1.29 is 4.74 Å². The minimum absolute atomic E-state index is 0.573. The van der Waals surface area contributed by atoms with Gasteiger partial charge in [0.1, 0.15) is 5.75 Å². The summed E-state index contributed by atoms with van der Waals surface area (Å²) in [6.07, 6.45) is 0. The monoisotopic (exact) mass is 228 g/mol. The summed E-state index contributed by atoms with van der Waals surface area (Å²) in [6.45, 7) is 5.94. The minimum atomic E-state index is 0.573. The molecule has 0 fully saturated rings. The van der Waals surface area contributed by atoms with Gasteiger partial charge in [-0.2, -0.15) is 0 Å². The molecule has 3 heteroatoms. The summed E-state index contributed by atoms with van der Waals surface area (Å²) in [4.78, 5) is 4.28. The summed E-state index contributed by atoms with van der Waals surface area (Å²) >= 11 is 0. The zero-order valence-corrected chi connectivity index (χ0v) is 10.3. The van der Waals surface area contributed by atoms with E-state index in [1.165, 1.54) is 5.56 Å². The number of anilines is 1. The number of ether oxygens (including phenoxy) is 1. The second-order valence-corrected chi connectivity index (χ2v) is 4.20. The van der Waals surface area contributed by atoms with E-state index in [9.17, 15) is 0 Å². The Morgan fingerprint density at radius 3 is 2.47 bits per heavy atom. The predicted octanol–water partition coefficient (Wildman–Crippen LogP) is 3.38. The fourth-order valence-electron chi connectivity index (χ4n) is 1.63. The predicted molar refractivity (Wildman–Crippen MR) is 69.4 cm³/mol. The molecular formula is C14H16N2O. The average Bonchev–Trinajstić information content (AvgIpc) is 2.27. The van der Waals surface area contributed by atoms with Gasteiger partial charge in [-0.05, 0) is 38.5 Å². The molecule has 0 unspecified atom stereocenters. The molecule has 0 spiro atoms. The number of benzene rings is 1. The number of rotatable bonds is 2. The van der Waals surface area contributed by atoms with E-state index in [1.54, 1.807) is 12.1 Å². The second-order valence-electron chi connectivity index (χ2n) is 4.20. The first-order valence-corrected chi connectivity index (χ1v) is 5.54. The standard InChI is InChI=1S/C14H16N2O/c1-9-4-6-13(10(2)8-9)17-14-7-5-12(15)11(3)16-14/h4-8H,15H2,1-3H3. The zero-order chi connectivity index (χ0) is 12.4. The van der Waals surface area contributed by atoms with Gasteiger partial charge in [0.25, 0.3) is 0 Å². The van der Waals surface area contributed by atoms with Crippen LogP contribution in [0.5, 0.6) is 11.6 Å². The highest BCUT2D eigenvalue weighted by Crippen LogP contribution is 2.25. The molecular weight excluding hydrogens is 212 g/mol. The van der Waals surface area contributed by atoms with E-state index >= 15 is 0 Å². The number of nitrogens with zero attached hydrogens (tertiary/aromatic N) is 1. The third-order valence-corrected chi connectivity index (χ3v) is 2.65. The molecule has 1 aromatic carbocycles. The number of nitrogen functional groups attached to an aromatic ring is 1. The van der Waals surface area contributed by atoms with Crippen molar-refractivity contribution in [2.24, 2.45) is 0 Å². The summed E-state index contributed by atoms with van der Waals surface area (Å²) in [6, 6.07) is 9.65. The molecule has 0 radical (unpaired) electrons. The van der Waals surface area contributed by atoms with Crippen LogP contribution in [-0.2, 0) is 0 Å². The highest BCUT2D eigenvalue weighted by Gasteiger charge is 2.04. The second kappa shape index (κ2) is 4.45. The van der Waals surface area contributed by atoms with Gasteiger partial charge in [-0.3, -0.25) is 0 Å². The first-order chi connectivity index (χ1) is 8.06. The third kappa shape index (κ3) is 2.56. The van der Waals surface area contributed by atoms with Crippen LogP contribution >= 0.6 is 0 Å².